The largest absolute Gasteiger partial charge is 0.456 e. The van der Waals surface area contributed by atoms with Gasteiger partial charge in [0.15, 0.2) is 5.78 Å². The minimum Gasteiger partial charge on any atom is -0.456 e. The molecule has 0 saturated heterocycles. The first-order valence-electron chi connectivity index (χ1n) is 7.99. The van der Waals surface area contributed by atoms with Crippen LogP contribution in [0.3, 0.4) is 0 Å². The van der Waals surface area contributed by atoms with E-state index in [1.165, 1.54) is 6.42 Å². The molecule has 0 saturated carbocycles. The third-order valence-corrected chi connectivity index (χ3v) is 2.20. The van der Waals surface area contributed by atoms with Crippen LogP contribution < -0.4 is 5.32 Å². The molecule has 1 amide bonds. The fourth-order valence-electron chi connectivity index (χ4n) is 1.60. The highest BCUT2D eigenvalue weighted by atomic mass is 16.7. The van der Waals surface area contributed by atoms with Crippen molar-refractivity contribution in [2.24, 2.45) is 0 Å². The number of allylic oxidation sites excluding steroid dienone is 1. The maximum Gasteiger partial charge on any atom is 0.408 e. The average molecular weight is 343 g/mol. The van der Waals surface area contributed by atoms with E-state index in [1.54, 1.807) is 34.6 Å². The van der Waals surface area contributed by atoms with Gasteiger partial charge in [-0.15, -0.1) is 0 Å². The molecule has 1 rings (SSSR count). The van der Waals surface area contributed by atoms with Crippen LogP contribution in [-0.2, 0) is 23.8 Å². The van der Waals surface area contributed by atoms with Gasteiger partial charge in [-0.3, -0.25) is 4.79 Å². The van der Waals surface area contributed by atoms with Crippen LogP contribution in [0.2, 0.25) is 0 Å². The number of nitrogens with one attached hydrogen (secondary N) is 1. The Morgan fingerprint density at radius 1 is 1.21 bits per heavy atom. The van der Waals surface area contributed by atoms with E-state index >= 15 is 0 Å². The van der Waals surface area contributed by atoms with Gasteiger partial charge in [-0.25, -0.2) is 9.59 Å². The summed E-state index contributed by atoms with van der Waals surface area (Å²) in [5.74, 6) is -1.75. The van der Waals surface area contributed by atoms with E-state index in [1.807, 2.05) is 0 Å². The predicted octanol–water partition coefficient (Wildman–Crippen LogP) is 3.08. The number of alkyl carbamates (subject to hydrolysis) is 1. The van der Waals surface area contributed by atoms with Crippen molar-refractivity contribution < 1.29 is 28.6 Å². The minimum absolute atomic E-state index is 0.103. The number of rotatable bonds is 4. The van der Waals surface area contributed by atoms with Gasteiger partial charge in [0.1, 0.15) is 11.4 Å². The fourth-order valence-corrected chi connectivity index (χ4v) is 1.60. The third-order valence-electron chi connectivity index (χ3n) is 2.20. The lowest BCUT2D eigenvalue weighted by molar-refractivity contribution is -0.205. The normalized spacial score (nSPS) is 15.8. The van der Waals surface area contributed by atoms with Crippen molar-refractivity contribution >= 4 is 17.8 Å². The Morgan fingerprint density at radius 2 is 1.75 bits per heavy atom. The molecule has 1 aliphatic rings. The second kappa shape index (κ2) is 9.30. The lowest BCUT2D eigenvalue weighted by Gasteiger charge is -2.30. The van der Waals surface area contributed by atoms with Crippen molar-refractivity contribution in [1.29, 1.82) is 0 Å². The number of esters is 1. The zero-order valence-electron chi connectivity index (χ0n) is 15.6. The summed E-state index contributed by atoms with van der Waals surface area (Å²) >= 11 is 0. The zero-order valence-corrected chi connectivity index (χ0v) is 15.6. The number of hydrogen-bond acceptors (Lipinski definition) is 6. The molecule has 138 valence electrons. The Hall–Kier alpha value is -2.05. The topological polar surface area (TPSA) is 90.9 Å². The quantitative estimate of drug-likeness (QED) is 0.789. The summed E-state index contributed by atoms with van der Waals surface area (Å²) in [6, 6.07) is 0. The van der Waals surface area contributed by atoms with Gasteiger partial charge in [0.05, 0.1) is 19.0 Å². The SMILES string of the molecule is CC(C)(C)OC(=O)NCC(=O)CC1=CC(=O)OC(C)(C)O1.CCC. The molecule has 0 atom stereocenters. The molecule has 0 radical (unpaired) electrons. The van der Waals surface area contributed by atoms with E-state index < -0.39 is 23.5 Å². The van der Waals surface area contributed by atoms with Crippen LogP contribution in [0.15, 0.2) is 11.8 Å². The van der Waals surface area contributed by atoms with Crippen molar-refractivity contribution in [3.05, 3.63) is 11.8 Å². The van der Waals surface area contributed by atoms with E-state index in [0.29, 0.717) is 0 Å². The molecule has 0 spiro atoms. The molecular weight excluding hydrogens is 314 g/mol. The monoisotopic (exact) mass is 343 g/mol. The third kappa shape index (κ3) is 10.6. The zero-order chi connectivity index (χ0) is 19.0. The van der Waals surface area contributed by atoms with Gasteiger partial charge in [-0.2, -0.15) is 0 Å². The highest BCUT2D eigenvalue weighted by Crippen LogP contribution is 2.23. The number of cyclic esters (lactones) is 1. The molecule has 7 nitrogen and oxygen atoms in total. The van der Waals surface area contributed by atoms with Crippen LogP contribution in [0.25, 0.3) is 0 Å². The maximum absolute atomic E-state index is 11.8. The van der Waals surface area contributed by atoms with E-state index in [-0.39, 0.29) is 24.5 Å². The first-order valence-corrected chi connectivity index (χ1v) is 7.99. The molecule has 0 bridgehead atoms. The number of carbonyl (C=O) groups is 3. The lowest BCUT2D eigenvalue weighted by atomic mass is 10.2. The Morgan fingerprint density at radius 3 is 2.21 bits per heavy atom. The fraction of sp³-hybridized carbons (Fsp3) is 0.706. The predicted molar refractivity (Wildman–Crippen MR) is 89.2 cm³/mol. The van der Waals surface area contributed by atoms with E-state index in [2.05, 4.69) is 19.2 Å². The number of ketones is 1. The molecule has 0 aliphatic carbocycles. The van der Waals surface area contributed by atoms with Crippen LogP contribution in [-0.4, -0.2) is 35.8 Å². The lowest BCUT2D eigenvalue weighted by Crippen LogP contribution is -2.37. The van der Waals surface area contributed by atoms with Crippen molar-refractivity contribution in [2.75, 3.05) is 6.54 Å². The van der Waals surface area contributed by atoms with E-state index in [0.717, 1.165) is 6.08 Å². The Bertz CT molecular complexity index is 488. The van der Waals surface area contributed by atoms with Crippen molar-refractivity contribution in [3.63, 3.8) is 0 Å². The standard InChI is InChI=1S/C14H21NO6.C3H8/c1-13(2,3)21-12(18)15-8-9(16)6-10-7-11(17)20-14(4,5)19-10;1-3-2/h7H,6,8H2,1-5H3,(H,15,18);3H2,1-2H3. The van der Waals surface area contributed by atoms with Gasteiger partial charge in [-0.1, -0.05) is 20.3 Å². The Kier molecular flexibility index (Phi) is 8.50. The number of ether oxygens (including phenoxy) is 3. The van der Waals surface area contributed by atoms with Crippen LogP contribution in [0, 0.1) is 0 Å². The smallest absolute Gasteiger partial charge is 0.408 e. The molecule has 1 aliphatic heterocycles. The summed E-state index contributed by atoms with van der Waals surface area (Å²) in [6.45, 7) is 12.4. The molecule has 7 heteroatoms. The molecule has 0 aromatic heterocycles. The minimum atomic E-state index is -1.10. The van der Waals surface area contributed by atoms with Crippen LogP contribution in [0.5, 0.6) is 0 Å². The Balaban J connectivity index is 0.00000163. The van der Waals surface area contributed by atoms with Crippen molar-refractivity contribution in [1.82, 2.24) is 5.32 Å². The molecule has 0 fully saturated rings. The number of amides is 1. The van der Waals surface area contributed by atoms with Crippen molar-refractivity contribution in [2.45, 2.75) is 72.7 Å². The molecule has 0 unspecified atom stereocenters. The summed E-state index contributed by atoms with van der Waals surface area (Å²) in [6.07, 6.45) is 1.60. The van der Waals surface area contributed by atoms with Gasteiger partial charge in [0.2, 0.25) is 5.79 Å². The van der Waals surface area contributed by atoms with Crippen LogP contribution in [0.4, 0.5) is 4.79 Å². The summed E-state index contributed by atoms with van der Waals surface area (Å²) in [7, 11) is 0. The number of Topliss-reactive ketones (excluding diaryl/α,β-unsaturated/α-hetero) is 1. The van der Waals surface area contributed by atoms with Crippen molar-refractivity contribution in [3.8, 4) is 0 Å². The first-order chi connectivity index (χ1) is 10.9. The number of carbonyl (C=O) groups excluding carboxylic acids is 3. The average Bonchev–Trinajstić information content (AvgIpc) is 2.32. The van der Waals surface area contributed by atoms with Crippen LogP contribution in [0.1, 0.15) is 61.3 Å². The molecule has 1 heterocycles. The first kappa shape index (κ1) is 21.9. The van der Waals surface area contributed by atoms with Gasteiger partial charge >= 0.3 is 12.1 Å². The van der Waals surface area contributed by atoms with E-state index in [4.69, 9.17) is 14.2 Å². The summed E-state index contributed by atoms with van der Waals surface area (Å²) in [5.41, 5.74) is -0.629. The second-order valence-corrected chi connectivity index (χ2v) is 6.81. The summed E-state index contributed by atoms with van der Waals surface area (Å²) in [4.78, 5) is 34.5. The van der Waals surface area contributed by atoms with Gasteiger partial charge in [0.25, 0.3) is 0 Å². The van der Waals surface area contributed by atoms with Gasteiger partial charge in [0, 0.05) is 13.8 Å². The highest BCUT2D eigenvalue weighted by Gasteiger charge is 2.30. The highest BCUT2D eigenvalue weighted by molar-refractivity contribution is 5.88. The maximum atomic E-state index is 11.8. The molecule has 0 aromatic rings. The molecule has 1 N–H and O–H groups in total. The molecule has 24 heavy (non-hydrogen) atoms. The van der Waals surface area contributed by atoms with Crippen LogP contribution >= 0.6 is 0 Å². The number of hydrogen-bond donors (Lipinski definition) is 1. The molecule has 0 aromatic carbocycles. The second-order valence-electron chi connectivity index (χ2n) is 6.81. The van der Waals surface area contributed by atoms with Gasteiger partial charge < -0.3 is 19.5 Å². The Labute approximate surface area is 143 Å². The molecular formula is C17H29NO6. The van der Waals surface area contributed by atoms with E-state index in [9.17, 15) is 14.4 Å². The summed E-state index contributed by atoms with van der Waals surface area (Å²) < 4.78 is 15.3. The van der Waals surface area contributed by atoms with Gasteiger partial charge in [-0.05, 0) is 20.8 Å². The summed E-state index contributed by atoms with van der Waals surface area (Å²) in [5, 5.41) is 2.35.